The van der Waals surface area contributed by atoms with Crippen molar-refractivity contribution in [3.8, 4) is 0 Å². The van der Waals surface area contributed by atoms with E-state index in [1.54, 1.807) is 12.1 Å². The number of nitrogens with zero attached hydrogens (tertiary/aromatic N) is 2. The predicted molar refractivity (Wildman–Crippen MR) is 60.4 cm³/mol. The molecular weight excluding hydrogens is 205 g/mol. The second kappa shape index (κ2) is 4.45. The Morgan fingerprint density at radius 3 is 2.56 bits per heavy atom. The maximum Gasteiger partial charge on any atom is 0.123 e. The first-order valence-electron chi connectivity index (χ1n) is 5.16. The minimum absolute atomic E-state index is 0.214. The van der Waals surface area contributed by atoms with Crippen LogP contribution in [0.2, 0.25) is 0 Å². The molecule has 0 bridgehead atoms. The number of aromatic nitrogens is 2. The highest BCUT2D eigenvalue weighted by atomic mass is 19.1. The average Bonchev–Trinajstić information content (AvgIpc) is 2.63. The molecule has 1 aromatic carbocycles. The Balaban J connectivity index is 2.19. The van der Waals surface area contributed by atoms with Gasteiger partial charge in [-0.15, -0.1) is 0 Å². The van der Waals surface area contributed by atoms with Crippen LogP contribution in [0.25, 0.3) is 0 Å². The van der Waals surface area contributed by atoms with E-state index in [9.17, 15) is 4.39 Å². The van der Waals surface area contributed by atoms with Gasteiger partial charge in [-0.05, 0) is 24.6 Å². The fourth-order valence-corrected chi connectivity index (χ4v) is 1.62. The van der Waals surface area contributed by atoms with Crippen molar-refractivity contribution in [1.29, 1.82) is 0 Å². The van der Waals surface area contributed by atoms with Gasteiger partial charge in [-0.1, -0.05) is 12.1 Å². The van der Waals surface area contributed by atoms with Crippen molar-refractivity contribution in [2.24, 2.45) is 5.73 Å². The van der Waals surface area contributed by atoms with Gasteiger partial charge >= 0.3 is 0 Å². The Hall–Kier alpha value is -1.68. The zero-order chi connectivity index (χ0) is 11.5. The molecular formula is C12H14FN3. The molecule has 0 saturated heterocycles. The summed E-state index contributed by atoms with van der Waals surface area (Å²) >= 11 is 0. The van der Waals surface area contributed by atoms with E-state index in [0.717, 1.165) is 17.1 Å². The Morgan fingerprint density at radius 1 is 1.31 bits per heavy atom. The van der Waals surface area contributed by atoms with E-state index < -0.39 is 0 Å². The molecule has 1 aromatic heterocycles. The van der Waals surface area contributed by atoms with Crippen LogP contribution < -0.4 is 5.73 Å². The molecule has 0 aliphatic heterocycles. The molecule has 0 spiro atoms. The average molecular weight is 219 g/mol. The molecule has 2 rings (SSSR count). The number of rotatable bonds is 3. The van der Waals surface area contributed by atoms with Gasteiger partial charge in [0.1, 0.15) is 11.6 Å². The molecule has 16 heavy (non-hydrogen) atoms. The maximum absolute atomic E-state index is 12.7. The van der Waals surface area contributed by atoms with E-state index in [2.05, 4.69) is 4.98 Å². The third kappa shape index (κ3) is 2.28. The van der Waals surface area contributed by atoms with Gasteiger partial charge in [-0.3, -0.25) is 0 Å². The summed E-state index contributed by atoms with van der Waals surface area (Å²) in [5.74, 6) is 0.707. The number of benzene rings is 1. The highest BCUT2D eigenvalue weighted by Gasteiger charge is 2.03. The molecule has 0 aliphatic carbocycles. The summed E-state index contributed by atoms with van der Waals surface area (Å²) < 4.78 is 14.7. The largest absolute Gasteiger partial charge is 0.330 e. The molecule has 0 amide bonds. The van der Waals surface area contributed by atoms with Gasteiger partial charge in [-0.25, -0.2) is 9.37 Å². The summed E-state index contributed by atoms with van der Waals surface area (Å²) in [6, 6.07) is 6.48. The summed E-state index contributed by atoms with van der Waals surface area (Å²) in [6.07, 6.45) is 1.93. The lowest BCUT2D eigenvalue weighted by Crippen LogP contribution is -2.00. The van der Waals surface area contributed by atoms with Gasteiger partial charge in [0.25, 0.3) is 0 Å². The van der Waals surface area contributed by atoms with Crippen LogP contribution in [0.5, 0.6) is 0 Å². The minimum Gasteiger partial charge on any atom is -0.330 e. The predicted octanol–water partition coefficient (Wildman–Crippen LogP) is 1.84. The highest BCUT2D eigenvalue weighted by molar-refractivity contribution is 5.17. The van der Waals surface area contributed by atoms with Crippen LogP contribution in [0.3, 0.4) is 0 Å². The topological polar surface area (TPSA) is 43.8 Å². The first-order valence-corrected chi connectivity index (χ1v) is 5.16. The molecule has 0 aliphatic rings. The Morgan fingerprint density at radius 2 is 2.00 bits per heavy atom. The minimum atomic E-state index is -0.214. The van der Waals surface area contributed by atoms with Crippen LogP contribution in [-0.2, 0) is 13.1 Å². The van der Waals surface area contributed by atoms with Crippen molar-refractivity contribution in [3.05, 3.63) is 53.4 Å². The summed E-state index contributed by atoms with van der Waals surface area (Å²) in [5.41, 5.74) is 7.44. The summed E-state index contributed by atoms with van der Waals surface area (Å²) in [7, 11) is 0. The van der Waals surface area contributed by atoms with Gasteiger partial charge in [0.2, 0.25) is 0 Å². The van der Waals surface area contributed by atoms with Crippen LogP contribution >= 0.6 is 0 Å². The zero-order valence-electron chi connectivity index (χ0n) is 9.15. The number of nitrogens with two attached hydrogens (primary N) is 1. The Bertz CT molecular complexity index is 474. The van der Waals surface area contributed by atoms with Crippen molar-refractivity contribution >= 4 is 0 Å². The molecule has 4 heteroatoms. The number of hydrogen-bond acceptors (Lipinski definition) is 2. The summed E-state index contributed by atoms with van der Waals surface area (Å²) in [5, 5.41) is 0. The number of aryl methyl sites for hydroxylation is 1. The van der Waals surface area contributed by atoms with Crippen LogP contribution in [-0.4, -0.2) is 9.55 Å². The fourth-order valence-electron chi connectivity index (χ4n) is 1.62. The first kappa shape index (κ1) is 10.8. The van der Waals surface area contributed by atoms with Crippen molar-refractivity contribution in [1.82, 2.24) is 9.55 Å². The third-order valence-corrected chi connectivity index (χ3v) is 2.50. The molecule has 2 aromatic rings. The molecule has 3 nitrogen and oxygen atoms in total. The lowest BCUT2D eigenvalue weighted by atomic mass is 10.2. The molecule has 0 saturated carbocycles. The summed E-state index contributed by atoms with van der Waals surface area (Å²) in [6.45, 7) is 3.07. The molecule has 0 unspecified atom stereocenters. The molecule has 84 valence electrons. The van der Waals surface area contributed by atoms with E-state index in [-0.39, 0.29) is 5.82 Å². The number of halogens is 1. The number of imidazole rings is 1. The van der Waals surface area contributed by atoms with Crippen LogP contribution in [0.4, 0.5) is 4.39 Å². The lowest BCUT2D eigenvalue weighted by Gasteiger charge is -2.04. The monoisotopic (exact) mass is 219 g/mol. The molecule has 1 heterocycles. The summed E-state index contributed by atoms with van der Waals surface area (Å²) in [4.78, 5) is 4.31. The Labute approximate surface area is 93.7 Å². The molecule has 0 atom stereocenters. The molecule has 0 fully saturated rings. The van der Waals surface area contributed by atoms with Crippen molar-refractivity contribution in [3.63, 3.8) is 0 Å². The highest BCUT2D eigenvalue weighted by Crippen LogP contribution is 2.08. The van der Waals surface area contributed by atoms with Crippen molar-refractivity contribution in [2.75, 3.05) is 0 Å². The van der Waals surface area contributed by atoms with E-state index in [4.69, 9.17) is 5.73 Å². The molecule has 0 radical (unpaired) electrons. The van der Waals surface area contributed by atoms with E-state index in [0.29, 0.717) is 13.1 Å². The van der Waals surface area contributed by atoms with Gasteiger partial charge in [0, 0.05) is 19.3 Å². The number of hydrogen-bond donors (Lipinski definition) is 1. The maximum atomic E-state index is 12.7. The zero-order valence-corrected chi connectivity index (χ0v) is 9.15. The SMILES string of the molecule is Cc1nc(CN)cn1Cc1ccc(F)cc1. The normalized spacial score (nSPS) is 10.7. The van der Waals surface area contributed by atoms with Gasteiger partial charge in [0.05, 0.1) is 5.69 Å². The fraction of sp³-hybridized carbons (Fsp3) is 0.250. The smallest absolute Gasteiger partial charge is 0.123 e. The van der Waals surface area contributed by atoms with Crippen LogP contribution in [0, 0.1) is 12.7 Å². The van der Waals surface area contributed by atoms with E-state index in [1.165, 1.54) is 12.1 Å². The van der Waals surface area contributed by atoms with Crippen molar-refractivity contribution < 1.29 is 4.39 Å². The quantitative estimate of drug-likeness (QED) is 0.856. The second-order valence-electron chi connectivity index (χ2n) is 3.74. The molecule has 2 N–H and O–H groups in total. The van der Waals surface area contributed by atoms with Crippen molar-refractivity contribution in [2.45, 2.75) is 20.0 Å². The second-order valence-corrected chi connectivity index (χ2v) is 3.74. The first-order chi connectivity index (χ1) is 7.69. The van der Waals surface area contributed by atoms with Gasteiger partial charge < -0.3 is 10.3 Å². The Kier molecular flexibility index (Phi) is 3.01. The van der Waals surface area contributed by atoms with E-state index >= 15 is 0 Å². The van der Waals surface area contributed by atoms with Gasteiger partial charge in [0.15, 0.2) is 0 Å². The van der Waals surface area contributed by atoms with Gasteiger partial charge in [-0.2, -0.15) is 0 Å². The standard InChI is InChI=1S/C12H14FN3/c1-9-15-12(6-14)8-16(9)7-10-2-4-11(13)5-3-10/h2-5,8H,6-7,14H2,1H3. The van der Waals surface area contributed by atoms with E-state index in [1.807, 2.05) is 17.7 Å². The van der Waals surface area contributed by atoms with Crippen LogP contribution in [0.1, 0.15) is 17.1 Å². The lowest BCUT2D eigenvalue weighted by molar-refractivity contribution is 0.626. The van der Waals surface area contributed by atoms with Crippen LogP contribution in [0.15, 0.2) is 30.5 Å². The third-order valence-electron chi connectivity index (χ3n) is 2.50.